The fourth-order valence-corrected chi connectivity index (χ4v) is 0. The van der Waals surface area contributed by atoms with Crippen molar-refractivity contribution in [2.45, 2.75) is 0 Å². The Hall–Kier alpha value is 0.920. The Balaban J connectivity index is -0.0000000800. The Labute approximate surface area is 66.8 Å². The second-order valence-electron chi connectivity index (χ2n) is 2.68. The summed E-state index contributed by atoms with van der Waals surface area (Å²) in [7, 11) is 8.50. The third-order valence-corrected chi connectivity index (χ3v) is 0. The summed E-state index contributed by atoms with van der Waals surface area (Å²) < 4.78 is 1.00. The molecule has 0 aromatic rings. The van der Waals surface area contributed by atoms with Gasteiger partial charge in [-0.05, 0) is 0 Å². The molecule has 0 rings (SSSR count). The SMILES string of the molecule is Br.C[N+](C)(C)C.[Br-]. The van der Waals surface area contributed by atoms with Crippen LogP contribution in [0.3, 0.4) is 0 Å². The standard InChI is InChI=1S/C4H12N.2BrH/c1-5(2,3)4;;/h1-4H3;2*1H/q+1;;/p-1. The predicted molar refractivity (Wildman–Crippen MR) is 34.3 cm³/mol. The minimum atomic E-state index is 0. The summed E-state index contributed by atoms with van der Waals surface area (Å²) in [5, 5.41) is 0. The molecule has 0 aliphatic rings. The van der Waals surface area contributed by atoms with Crippen molar-refractivity contribution in [2.24, 2.45) is 0 Å². The van der Waals surface area contributed by atoms with Crippen molar-refractivity contribution in [1.82, 2.24) is 0 Å². The van der Waals surface area contributed by atoms with Crippen LogP contribution in [0, 0.1) is 0 Å². The second kappa shape index (κ2) is 5.06. The Bertz CT molecular complexity index is 25.2. The lowest BCUT2D eigenvalue weighted by Crippen LogP contribution is -3.00. The Morgan fingerprint density at radius 3 is 0.857 bits per heavy atom. The zero-order valence-corrected chi connectivity index (χ0v) is 8.53. The highest BCUT2D eigenvalue weighted by atomic mass is 79.9. The molecule has 48 valence electrons. The van der Waals surface area contributed by atoms with E-state index >= 15 is 0 Å². The van der Waals surface area contributed by atoms with Gasteiger partial charge in [-0.3, -0.25) is 0 Å². The van der Waals surface area contributed by atoms with Crippen molar-refractivity contribution in [2.75, 3.05) is 28.2 Å². The highest BCUT2D eigenvalue weighted by molar-refractivity contribution is 8.93. The van der Waals surface area contributed by atoms with Crippen LogP contribution in [0.1, 0.15) is 0 Å². The van der Waals surface area contributed by atoms with E-state index in [1.807, 2.05) is 0 Å². The monoisotopic (exact) mass is 233 g/mol. The van der Waals surface area contributed by atoms with Gasteiger partial charge in [0.25, 0.3) is 0 Å². The molecule has 0 aliphatic carbocycles. The molecule has 3 heteroatoms. The molecular weight excluding hydrogens is 222 g/mol. The molecule has 0 heterocycles. The van der Waals surface area contributed by atoms with E-state index in [2.05, 4.69) is 28.2 Å². The first kappa shape index (κ1) is 15.7. The van der Waals surface area contributed by atoms with Crippen molar-refractivity contribution >= 4 is 17.0 Å². The first-order valence-electron chi connectivity index (χ1n) is 1.79. The van der Waals surface area contributed by atoms with E-state index in [4.69, 9.17) is 0 Å². The molecule has 0 bridgehead atoms. The van der Waals surface area contributed by atoms with E-state index in [1.54, 1.807) is 0 Å². The molecule has 0 amide bonds. The van der Waals surface area contributed by atoms with Crippen LogP contribution in [0.2, 0.25) is 0 Å². The average molecular weight is 235 g/mol. The van der Waals surface area contributed by atoms with Gasteiger partial charge in [0, 0.05) is 0 Å². The van der Waals surface area contributed by atoms with Crippen molar-refractivity contribution in [1.29, 1.82) is 0 Å². The first-order valence-corrected chi connectivity index (χ1v) is 1.79. The average Bonchev–Trinajstić information content (AvgIpc) is 0.722. The van der Waals surface area contributed by atoms with E-state index in [1.165, 1.54) is 0 Å². The van der Waals surface area contributed by atoms with Crippen LogP contribution in [0.15, 0.2) is 0 Å². The van der Waals surface area contributed by atoms with Crippen molar-refractivity contribution in [3.63, 3.8) is 0 Å². The molecule has 0 saturated heterocycles. The van der Waals surface area contributed by atoms with E-state index in [9.17, 15) is 0 Å². The lowest BCUT2D eigenvalue weighted by molar-refractivity contribution is -0.849. The molecule has 0 aromatic carbocycles. The first-order chi connectivity index (χ1) is 2.00. The highest BCUT2D eigenvalue weighted by Crippen LogP contribution is 1.73. The van der Waals surface area contributed by atoms with E-state index in [0.29, 0.717) is 0 Å². The maximum atomic E-state index is 2.12. The summed E-state index contributed by atoms with van der Waals surface area (Å²) >= 11 is 0. The van der Waals surface area contributed by atoms with Crippen LogP contribution in [-0.2, 0) is 0 Å². The van der Waals surface area contributed by atoms with Gasteiger partial charge in [-0.2, -0.15) is 0 Å². The molecule has 0 aliphatic heterocycles. The summed E-state index contributed by atoms with van der Waals surface area (Å²) in [5.41, 5.74) is 0. The minimum absolute atomic E-state index is 0. The topological polar surface area (TPSA) is 0 Å². The number of halogens is 2. The molecule has 0 spiro atoms. The molecule has 7 heavy (non-hydrogen) atoms. The van der Waals surface area contributed by atoms with Crippen molar-refractivity contribution < 1.29 is 21.5 Å². The van der Waals surface area contributed by atoms with Gasteiger partial charge in [-0.25, -0.2) is 0 Å². The third kappa shape index (κ3) is 198. The molecule has 0 radical (unpaired) electrons. The van der Waals surface area contributed by atoms with Gasteiger partial charge in [-0.15, -0.1) is 17.0 Å². The van der Waals surface area contributed by atoms with Gasteiger partial charge in [0.2, 0.25) is 0 Å². The maximum absolute atomic E-state index is 2.12. The molecule has 0 unspecified atom stereocenters. The minimum Gasteiger partial charge on any atom is -1.00 e. The van der Waals surface area contributed by atoms with E-state index in [0.717, 1.165) is 4.48 Å². The quantitative estimate of drug-likeness (QED) is 0.422. The molecule has 0 aromatic heterocycles. The summed E-state index contributed by atoms with van der Waals surface area (Å²) in [6.45, 7) is 0. The number of nitrogens with zero attached hydrogens (tertiary/aromatic N) is 1. The Kier molecular flexibility index (Phi) is 11.3. The molecule has 0 atom stereocenters. The fraction of sp³-hybridized carbons (Fsp3) is 1.00. The van der Waals surface area contributed by atoms with E-state index < -0.39 is 0 Å². The summed E-state index contributed by atoms with van der Waals surface area (Å²) in [6.07, 6.45) is 0. The summed E-state index contributed by atoms with van der Waals surface area (Å²) in [6, 6.07) is 0. The number of quaternary nitrogens is 1. The normalized spacial score (nSPS) is 8.57. The van der Waals surface area contributed by atoms with Gasteiger partial charge in [0.15, 0.2) is 0 Å². The van der Waals surface area contributed by atoms with E-state index in [-0.39, 0.29) is 34.0 Å². The summed E-state index contributed by atoms with van der Waals surface area (Å²) in [4.78, 5) is 0. The van der Waals surface area contributed by atoms with Crippen LogP contribution in [-0.4, -0.2) is 32.7 Å². The Morgan fingerprint density at radius 2 is 0.857 bits per heavy atom. The maximum Gasteiger partial charge on any atom is 0.0675 e. The molecular formula is C4H13Br2N. The third-order valence-electron chi connectivity index (χ3n) is 0. The zero-order valence-electron chi connectivity index (χ0n) is 5.23. The molecule has 0 saturated carbocycles. The summed E-state index contributed by atoms with van der Waals surface area (Å²) in [5.74, 6) is 0. The molecule has 0 N–H and O–H groups in total. The molecule has 0 fully saturated rings. The van der Waals surface area contributed by atoms with Gasteiger partial charge in [0.1, 0.15) is 0 Å². The zero-order chi connectivity index (χ0) is 4.50. The van der Waals surface area contributed by atoms with Crippen LogP contribution >= 0.6 is 17.0 Å². The Morgan fingerprint density at radius 1 is 0.857 bits per heavy atom. The number of hydrogen-bond donors (Lipinski definition) is 0. The van der Waals surface area contributed by atoms with Crippen molar-refractivity contribution in [3.05, 3.63) is 0 Å². The predicted octanol–water partition coefficient (Wildman–Crippen LogP) is -2.10. The largest absolute Gasteiger partial charge is 1.00 e. The van der Waals surface area contributed by atoms with Crippen LogP contribution in [0.4, 0.5) is 0 Å². The second-order valence-corrected chi connectivity index (χ2v) is 2.68. The fourth-order valence-electron chi connectivity index (χ4n) is 0. The number of hydrogen-bond acceptors (Lipinski definition) is 0. The van der Waals surface area contributed by atoms with Crippen LogP contribution in [0.5, 0.6) is 0 Å². The van der Waals surface area contributed by atoms with Gasteiger partial charge >= 0.3 is 0 Å². The highest BCUT2D eigenvalue weighted by Gasteiger charge is 1.88. The van der Waals surface area contributed by atoms with Crippen LogP contribution < -0.4 is 17.0 Å². The smallest absolute Gasteiger partial charge is 0.0675 e. The molecule has 1 nitrogen and oxygen atoms in total. The lowest BCUT2D eigenvalue weighted by atomic mass is 10.8. The van der Waals surface area contributed by atoms with Crippen LogP contribution in [0.25, 0.3) is 0 Å². The lowest BCUT2D eigenvalue weighted by Gasteiger charge is -2.14. The van der Waals surface area contributed by atoms with Gasteiger partial charge < -0.3 is 21.5 Å². The van der Waals surface area contributed by atoms with Crippen molar-refractivity contribution in [3.8, 4) is 0 Å². The van der Waals surface area contributed by atoms with Gasteiger partial charge in [-0.1, -0.05) is 0 Å². The van der Waals surface area contributed by atoms with Gasteiger partial charge in [0.05, 0.1) is 28.2 Å². The number of rotatable bonds is 0.